The molecule has 0 aromatic heterocycles. The van der Waals surface area contributed by atoms with Crippen molar-refractivity contribution in [2.75, 3.05) is 0 Å². The molecule has 0 unspecified atom stereocenters. The van der Waals surface area contributed by atoms with Gasteiger partial charge in [-0.1, -0.05) is 0 Å². The minimum absolute atomic E-state index is 0.375. The first kappa shape index (κ1) is 11.3. The van der Waals surface area contributed by atoms with Crippen molar-refractivity contribution in [3.8, 4) is 6.57 Å². The van der Waals surface area contributed by atoms with E-state index in [0.29, 0.717) is 12.2 Å². The Kier molecular flexibility index (Phi) is 9.33. The van der Waals surface area contributed by atoms with E-state index in [1.54, 1.807) is 0 Å². The number of nitrogens with zero attached hydrogens (tertiary/aromatic N) is 1. The Morgan fingerprint density at radius 2 is 1.22 bits per heavy atom. The third kappa shape index (κ3) is 18.6. The molecule has 0 aliphatic heterocycles. The summed E-state index contributed by atoms with van der Waals surface area (Å²) in [5, 5.41) is 6.50. The molecule has 0 fully saturated rings. The standard InChI is InChI=1S/C6H14O.CHN/c1-5(2)7-6(3)4;1-2/h5-6H,1-4H3;1H. The van der Waals surface area contributed by atoms with E-state index in [-0.39, 0.29) is 0 Å². The van der Waals surface area contributed by atoms with Crippen LogP contribution in [0.5, 0.6) is 0 Å². The average Bonchev–Trinajstić information content (AvgIpc) is 1.68. The Labute approximate surface area is 57.4 Å². The van der Waals surface area contributed by atoms with Crippen LogP contribution in [0.25, 0.3) is 0 Å². The summed E-state index contributed by atoms with van der Waals surface area (Å²) in [6.45, 7) is 11.7. The first-order valence-corrected chi connectivity index (χ1v) is 3.04. The van der Waals surface area contributed by atoms with Crippen LogP contribution in [-0.4, -0.2) is 12.2 Å². The maximum Gasteiger partial charge on any atom is 0.0522 e. The van der Waals surface area contributed by atoms with Crippen LogP contribution >= 0.6 is 0 Å². The van der Waals surface area contributed by atoms with Gasteiger partial charge in [-0.2, -0.15) is 0 Å². The van der Waals surface area contributed by atoms with Gasteiger partial charge < -0.3 is 4.74 Å². The molecule has 0 aromatic carbocycles. The predicted octanol–water partition coefficient (Wildman–Crippen LogP) is 1.96. The fourth-order valence-corrected chi connectivity index (χ4v) is 0.544. The second kappa shape index (κ2) is 7.45. The molecule has 0 radical (unpaired) electrons. The van der Waals surface area contributed by atoms with Gasteiger partial charge in [0.15, 0.2) is 0 Å². The van der Waals surface area contributed by atoms with Gasteiger partial charge in [-0.05, 0) is 27.7 Å². The minimum Gasteiger partial charge on any atom is -0.376 e. The number of nitriles is 1. The molecule has 0 saturated carbocycles. The summed E-state index contributed by atoms with van der Waals surface area (Å²) >= 11 is 0. The summed E-state index contributed by atoms with van der Waals surface area (Å²) in [4.78, 5) is 0. The van der Waals surface area contributed by atoms with Crippen LogP contribution in [0.4, 0.5) is 0 Å². The normalized spacial score (nSPS) is 8.89. The average molecular weight is 129 g/mol. The van der Waals surface area contributed by atoms with Crippen LogP contribution in [0.1, 0.15) is 27.7 Å². The molecule has 2 heteroatoms. The topological polar surface area (TPSA) is 33.0 Å². The zero-order valence-electron chi connectivity index (χ0n) is 6.59. The lowest BCUT2D eigenvalue weighted by Gasteiger charge is -2.09. The maximum atomic E-state index is 6.50. The second-order valence-electron chi connectivity index (χ2n) is 2.23. The Morgan fingerprint density at radius 1 is 1.00 bits per heavy atom. The van der Waals surface area contributed by atoms with E-state index >= 15 is 0 Å². The van der Waals surface area contributed by atoms with Crippen molar-refractivity contribution in [2.24, 2.45) is 0 Å². The molecule has 0 N–H and O–H groups in total. The van der Waals surface area contributed by atoms with E-state index in [4.69, 9.17) is 10.00 Å². The van der Waals surface area contributed by atoms with Crippen molar-refractivity contribution < 1.29 is 4.74 Å². The molecule has 0 aliphatic carbocycles. The third-order valence-corrected chi connectivity index (χ3v) is 0.544. The first-order valence-electron chi connectivity index (χ1n) is 3.04. The van der Waals surface area contributed by atoms with Crippen LogP contribution < -0.4 is 0 Å². The molecule has 0 spiro atoms. The van der Waals surface area contributed by atoms with Gasteiger partial charge in [-0.25, -0.2) is 5.26 Å². The summed E-state index contributed by atoms with van der Waals surface area (Å²) in [7, 11) is 0. The van der Waals surface area contributed by atoms with Crippen LogP contribution in [0, 0.1) is 11.8 Å². The van der Waals surface area contributed by atoms with Crippen molar-refractivity contribution in [1.82, 2.24) is 0 Å². The molecule has 0 saturated heterocycles. The van der Waals surface area contributed by atoms with Crippen LogP contribution in [-0.2, 0) is 4.74 Å². The highest BCUT2D eigenvalue weighted by Crippen LogP contribution is 1.93. The number of hydrogen-bond donors (Lipinski definition) is 0. The van der Waals surface area contributed by atoms with Gasteiger partial charge in [-0.3, -0.25) is 0 Å². The molecule has 0 bridgehead atoms. The molecule has 0 aromatic rings. The Hall–Kier alpha value is -0.550. The van der Waals surface area contributed by atoms with Crippen LogP contribution in [0.3, 0.4) is 0 Å². The van der Waals surface area contributed by atoms with E-state index in [9.17, 15) is 0 Å². The largest absolute Gasteiger partial charge is 0.376 e. The molecule has 0 atom stereocenters. The van der Waals surface area contributed by atoms with Gasteiger partial charge in [0.25, 0.3) is 0 Å². The van der Waals surface area contributed by atoms with E-state index in [1.165, 1.54) is 0 Å². The first-order chi connectivity index (χ1) is 4.13. The zero-order valence-corrected chi connectivity index (χ0v) is 6.59. The molecular weight excluding hydrogens is 114 g/mol. The summed E-state index contributed by atoms with van der Waals surface area (Å²) < 4.78 is 5.25. The number of hydrogen-bond acceptors (Lipinski definition) is 2. The summed E-state index contributed by atoms with van der Waals surface area (Å²) in [6, 6.07) is 0. The Bertz CT molecular complexity index is 60.6. The van der Waals surface area contributed by atoms with Crippen molar-refractivity contribution in [1.29, 1.82) is 5.26 Å². The fourth-order valence-electron chi connectivity index (χ4n) is 0.544. The zero-order chi connectivity index (χ0) is 7.86. The summed E-state index contributed by atoms with van der Waals surface area (Å²) in [5.41, 5.74) is 0. The SMILES string of the molecule is C#N.CC(C)OC(C)C. The van der Waals surface area contributed by atoms with Gasteiger partial charge >= 0.3 is 0 Å². The van der Waals surface area contributed by atoms with Crippen molar-refractivity contribution in [3.05, 3.63) is 0 Å². The van der Waals surface area contributed by atoms with Crippen molar-refractivity contribution in [3.63, 3.8) is 0 Å². The highest BCUT2D eigenvalue weighted by Gasteiger charge is 1.94. The van der Waals surface area contributed by atoms with Gasteiger partial charge in [-0.15, -0.1) is 0 Å². The summed E-state index contributed by atoms with van der Waals surface area (Å²) in [6.07, 6.45) is 0.750. The quantitative estimate of drug-likeness (QED) is 0.571. The minimum atomic E-state index is 0.375. The summed E-state index contributed by atoms with van der Waals surface area (Å²) in [5.74, 6) is 0. The van der Waals surface area contributed by atoms with Gasteiger partial charge in [0.2, 0.25) is 0 Å². The molecule has 0 heterocycles. The van der Waals surface area contributed by atoms with Crippen LogP contribution in [0.2, 0.25) is 0 Å². The van der Waals surface area contributed by atoms with Crippen LogP contribution in [0.15, 0.2) is 0 Å². The highest BCUT2D eigenvalue weighted by molar-refractivity contribution is 4.40. The predicted molar refractivity (Wildman–Crippen MR) is 38.0 cm³/mol. The third-order valence-electron chi connectivity index (χ3n) is 0.544. The monoisotopic (exact) mass is 129 g/mol. The lowest BCUT2D eigenvalue weighted by atomic mass is 10.4. The lowest BCUT2D eigenvalue weighted by molar-refractivity contribution is 0.0300. The number of ether oxygens (including phenoxy) is 1. The Balaban J connectivity index is 0. The molecule has 0 amide bonds. The molecule has 0 aliphatic rings. The molecule has 2 nitrogen and oxygen atoms in total. The van der Waals surface area contributed by atoms with E-state index in [1.807, 2.05) is 27.7 Å². The highest BCUT2D eigenvalue weighted by atomic mass is 16.5. The molecule has 0 rings (SSSR count). The number of rotatable bonds is 2. The van der Waals surface area contributed by atoms with Gasteiger partial charge in [0, 0.05) is 6.57 Å². The fraction of sp³-hybridized carbons (Fsp3) is 0.857. The van der Waals surface area contributed by atoms with Crippen molar-refractivity contribution >= 4 is 0 Å². The molecule has 9 heavy (non-hydrogen) atoms. The van der Waals surface area contributed by atoms with Crippen molar-refractivity contribution in [2.45, 2.75) is 39.9 Å². The van der Waals surface area contributed by atoms with E-state index in [2.05, 4.69) is 6.57 Å². The lowest BCUT2D eigenvalue weighted by Crippen LogP contribution is -2.09. The van der Waals surface area contributed by atoms with Gasteiger partial charge in [0.1, 0.15) is 0 Å². The molecule has 54 valence electrons. The maximum absolute atomic E-state index is 6.50. The van der Waals surface area contributed by atoms with Gasteiger partial charge in [0.05, 0.1) is 12.2 Å². The smallest absolute Gasteiger partial charge is 0.0522 e. The van der Waals surface area contributed by atoms with E-state index in [0.717, 1.165) is 0 Å². The Morgan fingerprint density at radius 3 is 1.22 bits per heavy atom. The molecular formula is C7H15NO. The second-order valence-corrected chi connectivity index (χ2v) is 2.23. The van der Waals surface area contributed by atoms with E-state index < -0.39 is 0 Å².